The maximum absolute atomic E-state index is 4.49. The molecule has 0 unspecified atom stereocenters. The first-order valence-corrected chi connectivity index (χ1v) is 7.60. The zero-order valence-corrected chi connectivity index (χ0v) is 13.0. The van der Waals surface area contributed by atoms with Crippen molar-refractivity contribution >= 4 is 11.6 Å². The number of anilines is 2. The molecule has 1 aromatic rings. The predicted octanol–water partition coefficient (Wildman–Crippen LogP) is 1.85. The molecule has 1 fully saturated rings. The molecule has 0 atom stereocenters. The van der Waals surface area contributed by atoms with Crippen molar-refractivity contribution in [2.24, 2.45) is 0 Å². The van der Waals surface area contributed by atoms with E-state index >= 15 is 0 Å². The molecule has 0 N–H and O–H groups in total. The predicted molar refractivity (Wildman–Crippen MR) is 84.5 cm³/mol. The first kappa shape index (κ1) is 15.0. The van der Waals surface area contributed by atoms with E-state index in [1.54, 1.807) is 12.4 Å². The van der Waals surface area contributed by atoms with Crippen LogP contribution in [0, 0.1) is 0 Å². The fraction of sp³-hybridized carbons (Fsp3) is 0.733. The van der Waals surface area contributed by atoms with Gasteiger partial charge in [-0.2, -0.15) is 0 Å². The number of rotatable bonds is 5. The molecule has 0 bridgehead atoms. The van der Waals surface area contributed by atoms with Gasteiger partial charge in [0.05, 0.1) is 0 Å². The zero-order chi connectivity index (χ0) is 14.4. The van der Waals surface area contributed by atoms with Crippen molar-refractivity contribution in [1.29, 1.82) is 0 Å². The summed E-state index contributed by atoms with van der Waals surface area (Å²) in [4.78, 5) is 15.7. The van der Waals surface area contributed by atoms with Crippen LogP contribution in [0.15, 0.2) is 12.4 Å². The highest BCUT2D eigenvalue weighted by Crippen LogP contribution is 2.21. The van der Waals surface area contributed by atoms with E-state index in [2.05, 4.69) is 26.8 Å². The van der Waals surface area contributed by atoms with Gasteiger partial charge in [-0.05, 0) is 25.9 Å². The van der Waals surface area contributed by atoms with Gasteiger partial charge in [-0.15, -0.1) is 0 Å². The Morgan fingerprint density at radius 2 is 1.55 bits per heavy atom. The largest absolute Gasteiger partial charge is 0.360 e. The van der Waals surface area contributed by atoms with Crippen LogP contribution in [0.5, 0.6) is 0 Å². The summed E-state index contributed by atoms with van der Waals surface area (Å²) in [6, 6.07) is 0. The van der Waals surface area contributed by atoms with Gasteiger partial charge in [0.15, 0.2) is 11.6 Å². The zero-order valence-electron chi connectivity index (χ0n) is 13.0. The van der Waals surface area contributed by atoms with Crippen molar-refractivity contribution in [2.45, 2.75) is 25.7 Å². The van der Waals surface area contributed by atoms with Gasteiger partial charge in [0.1, 0.15) is 0 Å². The monoisotopic (exact) mass is 277 g/mol. The molecule has 2 heterocycles. The number of aromatic nitrogens is 2. The molecule has 1 aromatic heterocycles. The fourth-order valence-corrected chi connectivity index (χ4v) is 2.67. The van der Waals surface area contributed by atoms with Gasteiger partial charge in [0, 0.05) is 46.6 Å². The minimum Gasteiger partial charge on any atom is -0.360 e. The molecule has 1 saturated heterocycles. The molecule has 0 aromatic carbocycles. The topological polar surface area (TPSA) is 35.5 Å². The maximum Gasteiger partial charge on any atom is 0.171 e. The molecule has 0 amide bonds. The summed E-state index contributed by atoms with van der Waals surface area (Å²) in [6.45, 7) is 4.60. The van der Waals surface area contributed by atoms with Crippen molar-refractivity contribution < 1.29 is 0 Å². The van der Waals surface area contributed by atoms with Gasteiger partial charge in [0.2, 0.25) is 0 Å². The van der Waals surface area contributed by atoms with E-state index in [4.69, 9.17) is 0 Å². The summed E-state index contributed by atoms with van der Waals surface area (Å²) >= 11 is 0. The summed E-state index contributed by atoms with van der Waals surface area (Å²) in [5.74, 6) is 1.90. The Kier molecular flexibility index (Phi) is 5.59. The lowest BCUT2D eigenvalue weighted by Gasteiger charge is -2.26. The summed E-state index contributed by atoms with van der Waals surface area (Å²) < 4.78 is 0. The molecule has 0 radical (unpaired) electrons. The van der Waals surface area contributed by atoms with Crippen LogP contribution in [-0.4, -0.2) is 62.2 Å². The van der Waals surface area contributed by atoms with E-state index in [9.17, 15) is 0 Å². The fourth-order valence-electron chi connectivity index (χ4n) is 2.67. The minimum absolute atomic E-state index is 0.936. The van der Waals surface area contributed by atoms with Crippen LogP contribution in [0.3, 0.4) is 0 Å². The molecule has 0 saturated carbocycles. The van der Waals surface area contributed by atoms with Gasteiger partial charge in [-0.1, -0.05) is 12.8 Å². The Bertz CT molecular complexity index is 399. The van der Waals surface area contributed by atoms with Gasteiger partial charge in [-0.3, -0.25) is 0 Å². The third-order valence-electron chi connectivity index (χ3n) is 3.90. The average molecular weight is 277 g/mol. The highest BCUT2D eigenvalue weighted by atomic mass is 15.3. The molecule has 112 valence electrons. The van der Waals surface area contributed by atoms with Gasteiger partial charge in [-0.25, -0.2) is 9.97 Å². The number of likely N-dealkylation sites (N-methyl/N-ethyl adjacent to an activating group) is 1. The number of hydrogen-bond acceptors (Lipinski definition) is 5. The van der Waals surface area contributed by atoms with Crippen molar-refractivity contribution in [3.63, 3.8) is 0 Å². The molecule has 1 aliphatic rings. The highest BCUT2D eigenvalue weighted by molar-refractivity contribution is 5.60. The van der Waals surface area contributed by atoms with Crippen LogP contribution >= 0.6 is 0 Å². The molecule has 5 heteroatoms. The van der Waals surface area contributed by atoms with E-state index in [0.29, 0.717) is 0 Å². The number of hydrogen-bond donors (Lipinski definition) is 0. The number of likely N-dealkylation sites (tertiary alicyclic amines) is 1. The highest BCUT2D eigenvalue weighted by Gasteiger charge is 2.14. The maximum atomic E-state index is 4.49. The van der Waals surface area contributed by atoms with E-state index in [1.807, 2.05) is 19.0 Å². The van der Waals surface area contributed by atoms with Gasteiger partial charge in [0.25, 0.3) is 0 Å². The molecular formula is C15H27N5. The molecule has 1 aliphatic heterocycles. The second kappa shape index (κ2) is 7.43. The van der Waals surface area contributed by atoms with Crippen LogP contribution in [0.2, 0.25) is 0 Å². The average Bonchev–Trinajstić information content (AvgIpc) is 2.73. The SMILES string of the molecule is CN(C)c1nccnc1N(C)CCN1CCCCCC1. The Hall–Kier alpha value is -1.36. The van der Waals surface area contributed by atoms with Crippen molar-refractivity contribution in [3.8, 4) is 0 Å². The Labute approximate surface area is 122 Å². The Morgan fingerprint density at radius 1 is 0.950 bits per heavy atom. The third kappa shape index (κ3) is 4.07. The van der Waals surface area contributed by atoms with E-state index < -0.39 is 0 Å². The minimum atomic E-state index is 0.936. The van der Waals surface area contributed by atoms with Crippen molar-refractivity contribution in [3.05, 3.63) is 12.4 Å². The lowest BCUT2D eigenvalue weighted by molar-refractivity contribution is 0.291. The first-order chi connectivity index (χ1) is 9.68. The van der Waals surface area contributed by atoms with E-state index in [1.165, 1.54) is 38.8 Å². The van der Waals surface area contributed by atoms with Crippen LogP contribution in [0.1, 0.15) is 25.7 Å². The summed E-state index contributed by atoms with van der Waals surface area (Å²) in [6.07, 6.45) is 8.99. The van der Waals surface area contributed by atoms with Crippen molar-refractivity contribution in [1.82, 2.24) is 14.9 Å². The standard InChI is InChI=1S/C15H27N5/c1-18(2)14-15(17-9-8-16-14)19(3)12-13-20-10-6-4-5-7-11-20/h8-9H,4-7,10-13H2,1-3H3. The first-order valence-electron chi connectivity index (χ1n) is 7.60. The molecule has 0 aliphatic carbocycles. The lowest BCUT2D eigenvalue weighted by atomic mass is 10.2. The van der Waals surface area contributed by atoms with Crippen LogP contribution in [0.4, 0.5) is 11.6 Å². The van der Waals surface area contributed by atoms with E-state index in [0.717, 1.165) is 24.7 Å². The number of nitrogens with zero attached hydrogens (tertiary/aromatic N) is 5. The quantitative estimate of drug-likeness (QED) is 0.821. The summed E-state index contributed by atoms with van der Waals surface area (Å²) in [5.41, 5.74) is 0. The van der Waals surface area contributed by atoms with E-state index in [-0.39, 0.29) is 0 Å². The third-order valence-corrected chi connectivity index (χ3v) is 3.90. The normalized spacial score (nSPS) is 16.8. The molecule has 20 heavy (non-hydrogen) atoms. The van der Waals surface area contributed by atoms with Crippen LogP contribution in [0.25, 0.3) is 0 Å². The lowest BCUT2D eigenvalue weighted by Crippen LogP contribution is -2.35. The second-order valence-corrected chi connectivity index (χ2v) is 5.78. The molecular weight excluding hydrogens is 250 g/mol. The Balaban J connectivity index is 1.92. The van der Waals surface area contributed by atoms with Gasteiger partial charge >= 0.3 is 0 Å². The summed E-state index contributed by atoms with van der Waals surface area (Å²) in [7, 11) is 6.13. The Morgan fingerprint density at radius 3 is 2.15 bits per heavy atom. The van der Waals surface area contributed by atoms with Crippen LogP contribution < -0.4 is 9.80 Å². The van der Waals surface area contributed by atoms with Crippen LogP contribution in [-0.2, 0) is 0 Å². The van der Waals surface area contributed by atoms with Gasteiger partial charge < -0.3 is 14.7 Å². The smallest absolute Gasteiger partial charge is 0.171 e. The molecule has 0 spiro atoms. The molecule has 2 rings (SSSR count). The van der Waals surface area contributed by atoms with Crippen molar-refractivity contribution in [2.75, 3.05) is 57.1 Å². The second-order valence-electron chi connectivity index (χ2n) is 5.78. The summed E-state index contributed by atoms with van der Waals surface area (Å²) in [5, 5.41) is 0. The molecule has 5 nitrogen and oxygen atoms in total.